The molecule has 2 aromatic carbocycles. The fourth-order valence-electron chi connectivity index (χ4n) is 2.22. The highest BCUT2D eigenvalue weighted by atomic mass is 35.5. The summed E-state index contributed by atoms with van der Waals surface area (Å²) in [5.74, 6) is -0.732. The van der Waals surface area contributed by atoms with Crippen molar-refractivity contribution in [1.82, 2.24) is 9.78 Å². The molecule has 0 atom stereocenters. The first-order valence-electron chi connectivity index (χ1n) is 7.39. The molecule has 0 aliphatic rings. The maximum atomic E-state index is 13.5. The number of nitrogens with one attached hydrogen (secondary N) is 1. The standard InChI is InChI=1S/C17H10Cl2F3N3O2/c18-10-1-5-12(6-2-10)24-16(26)27-14-9-23-25(15(14)17(20,21)22)13-7-3-11(19)4-8-13/h1-9H,(H,24,26). The van der Waals surface area contributed by atoms with Crippen LogP contribution in [0, 0.1) is 0 Å². The lowest BCUT2D eigenvalue weighted by atomic mass is 10.3. The maximum absolute atomic E-state index is 13.5. The van der Waals surface area contributed by atoms with Crippen molar-refractivity contribution in [2.24, 2.45) is 0 Å². The van der Waals surface area contributed by atoms with E-state index in [9.17, 15) is 18.0 Å². The molecule has 0 aliphatic heterocycles. The van der Waals surface area contributed by atoms with Gasteiger partial charge in [0.25, 0.3) is 0 Å². The Morgan fingerprint density at radius 3 is 2.11 bits per heavy atom. The maximum Gasteiger partial charge on any atom is 0.437 e. The van der Waals surface area contributed by atoms with E-state index in [0.717, 1.165) is 6.20 Å². The Morgan fingerprint density at radius 2 is 1.56 bits per heavy atom. The van der Waals surface area contributed by atoms with Gasteiger partial charge in [0.05, 0.1) is 11.9 Å². The van der Waals surface area contributed by atoms with Gasteiger partial charge in [0.2, 0.25) is 0 Å². The first-order valence-corrected chi connectivity index (χ1v) is 8.15. The molecule has 140 valence electrons. The number of halogens is 5. The molecular formula is C17H10Cl2F3N3O2. The molecule has 3 aromatic rings. The first-order chi connectivity index (χ1) is 12.7. The Labute approximate surface area is 161 Å². The quantitative estimate of drug-likeness (QED) is 0.587. The molecule has 0 saturated heterocycles. The SMILES string of the molecule is O=C(Nc1ccc(Cl)cc1)Oc1cnn(-c2ccc(Cl)cc2)c1C(F)(F)F. The molecule has 3 rings (SSSR count). The van der Waals surface area contributed by atoms with Crippen molar-refractivity contribution in [3.05, 3.63) is 70.5 Å². The minimum atomic E-state index is -4.81. The van der Waals surface area contributed by atoms with Crippen LogP contribution >= 0.6 is 23.2 Å². The van der Waals surface area contributed by atoms with Gasteiger partial charge in [-0.1, -0.05) is 23.2 Å². The van der Waals surface area contributed by atoms with E-state index in [2.05, 4.69) is 10.4 Å². The number of nitrogens with zero attached hydrogens (tertiary/aromatic N) is 2. The summed E-state index contributed by atoms with van der Waals surface area (Å²) in [6.07, 6.45) is -5.09. The summed E-state index contributed by atoms with van der Waals surface area (Å²) in [6.45, 7) is 0. The van der Waals surface area contributed by atoms with E-state index >= 15 is 0 Å². The third-order valence-electron chi connectivity index (χ3n) is 3.37. The largest absolute Gasteiger partial charge is 0.437 e. The van der Waals surface area contributed by atoms with Crippen molar-refractivity contribution in [3.8, 4) is 11.4 Å². The van der Waals surface area contributed by atoms with E-state index in [1.54, 1.807) is 0 Å². The molecule has 0 unspecified atom stereocenters. The van der Waals surface area contributed by atoms with E-state index in [-0.39, 0.29) is 5.69 Å². The van der Waals surface area contributed by atoms with Gasteiger partial charge in [-0.05, 0) is 48.5 Å². The lowest BCUT2D eigenvalue weighted by Gasteiger charge is -2.13. The Hall–Kier alpha value is -2.71. The average Bonchev–Trinajstić information content (AvgIpc) is 3.01. The molecule has 0 aliphatic carbocycles. The van der Waals surface area contributed by atoms with Crippen molar-refractivity contribution < 1.29 is 22.7 Å². The normalized spacial score (nSPS) is 11.3. The lowest BCUT2D eigenvalue weighted by molar-refractivity contribution is -0.143. The second-order valence-corrected chi connectivity index (χ2v) is 6.14. The zero-order valence-electron chi connectivity index (χ0n) is 13.3. The third-order valence-corrected chi connectivity index (χ3v) is 3.87. The summed E-state index contributed by atoms with van der Waals surface area (Å²) in [5, 5.41) is 6.80. The number of carbonyl (C=O) groups is 1. The van der Waals surface area contributed by atoms with Gasteiger partial charge in [0, 0.05) is 15.7 Å². The second-order valence-electron chi connectivity index (χ2n) is 5.26. The van der Waals surface area contributed by atoms with E-state index in [0.29, 0.717) is 20.4 Å². The average molecular weight is 416 g/mol. The smallest absolute Gasteiger partial charge is 0.406 e. The van der Waals surface area contributed by atoms with Crippen LogP contribution in [0.5, 0.6) is 5.75 Å². The molecule has 0 bridgehead atoms. The van der Waals surface area contributed by atoms with Crippen LogP contribution in [0.15, 0.2) is 54.7 Å². The van der Waals surface area contributed by atoms with E-state index in [4.69, 9.17) is 27.9 Å². The Morgan fingerprint density at radius 1 is 1.00 bits per heavy atom. The number of hydrogen-bond acceptors (Lipinski definition) is 3. The topological polar surface area (TPSA) is 56.1 Å². The molecule has 5 nitrogen and oxygen atoms in total. The fourth-order valence-corrected chi connectivity index (χ4v) is 2.47. The third kappa shape index (κ3) is 4.53. The minimum absolute atomic E-state index is 0.111. The molecule has 27 heavy (non-hydrogen) atoms. The van der Waals surface area contributed by atoms with Crippen LogP contribution in [0.2, 0.25) is 10.0 Å². The van der Waals surface area contributed by atoms with Gasteiger partial charge in [0.1, 0.15) is 0 Å². The predicted octanol–water partition coefficient (Wildman–Crippen LogP) is 5.81. The molecule has 1 amide bonds. The monoisotopic (exact) mass is 415 g/mol. The highest BCUT2D eigenvalue weighted by molar-refractivity contribution is 6.30. The van der Waals surface area contributed by atoms with Crippen LogP contribution in [0.3, 0.4) is 0 Å². The molecule has 0 spiro atoms. The molecule has 1 heterocycles. The van der Waals surface area contributed by atoms with Gasteiger partial charge < -0.3 is 4.74 Å². The number of benzene rings is 2. The fraction of sp³-hybridized carbons (Fsp3) is 0.0588. The number of alkyl halides is 3. The molecule has 10 heteroatoms. The van der Waals surface area contributed by atoms with E-state index < -0.39 is 23.7 Å². The van der Waals surface area contributed by atoms with Crippen LogP contribution in [0.1, 0.15) is 5.69 Å². The van der Waals surface area contributed by atoms with E-state index in [1.165, 1.54) is 48.5 Å². The number of anilines is 1. The molecule has 1 aromatic heterocycles. The lowest BCUT2D eigenvalue weighted by Crippen LogP contribution is -2.20. The van der Waals surface area contributed by atoms with Crippen molar-refractivity contribution in [2.75, 3.05) is 5.32 Å². The highest BCUT2D eigenvalue weighted by Crippen LogP contribution is 2.37. The second kappa shape index (κ2) is 7.50. The first kappa shape index (κ1) is 19.1. The number of aromatic nitrogens is 2. The van der Waals surface area contributed by atoms with Crippen LogP contribution in [-0.4, -0.2) is 15.9 Å². The van der Waals surface area contributed by atoms with Crippen molar-refractivity contribution in [3.63, 3.8) is 0 Å². The molecule has 0 saturated carbocycles. The molecule has 0 fully saturated rings. The Kier molecular flexibility index (Phi) is 5.29. The number of carbonyl (C=O) groups excluding carboxylic acids is 1. The van der Waals surface area contributed by atoms with Gasteiger partial charge in [-0.25, -0.2) is 9.48 Å². The van der Waals surface area contributed by atoms with Crippen molar-refractivity contribution in [1.29, 1.82) is 0 Å². The summed E-state index contributed by atoms with van der Waals surface area (Å²) >= 11 is 11.5. The number of amides is 1. The van der Waals surface area contributed by atoms with Gasteiger partial charge >= 0.3 is 12.3 Å². The summed E-state index contributed by atoms with van der Waals surface area (Å²) < 4.78 is 46.0. The number of hydrogen-bond donors (Lipinski definition) is 1. The van der Waals surface area contributed by atoms with E-state index in [1.807, 2.05) is 0 Å². The van der Waals surface area contributed by atoms with Gasteiger partial charge in [0.15, 0.2) is 11.4 Å². The Balaban J connectivity index is 1.88. The zero-order chi connectivity index (χ0) is 19.6. The van der Waals surface area contributed by atoms with Crippen molar-refractivity contribution >= 4 is 35.0 Å². The van der Waals surface area contributed by atoms with Gasteiger partial charge in [-0.3, -0.25) is 5.32 Å². The van der Waals surface area contributed by atoms with Gasteiger partial charge in [-0.2, -0.15) is 18.3 Å². The minimum Gasteiger partial charge on any atom is -0.406 e. The molecule has 1 N–H and O–H groups in total. The summed E-state index contributed by atoms with van der Waals surface area (Å²) in [5.41, 5.74) is -0.807. The highest BCUT2D eigenvalue weighted by Gasteiger charge is 2.40. The van der Waals surface area contributed by atoms with Crippen LogP contribution in [0.25, 0.3) is 5.69 Å². The summed E-state index contributed by atoms with van der Waals surface area (Å²) in [4.78, 5) is 11.9. The zero-order valence-corrected chi connectivity index (χ0v) is 14.8. The summed E-state index contributed by atoms with van der Waals surface area (Å²) in [6, 6.07) is 11.5. The molecule has 0 radical (unpaired) electrons. The summed E-state index contributed by atoms with van der Waals surface area (Å²) in [7, 11) is 0. The van der Waals surface area contributed by atoms with Crippen LogP contribution in [0.4, 0.5) is 23.7 Å². The van der Waals surface area contributed by atoms with Crippen LogP contribution < -0.4 is 10.1 Å². The van der Waals surface area contributed by atoms with Crippen LogP contribution in [-0.2, 0) is 6.18 Å². The number of ether oxygens (including phenoxy) is 1. The van der Waals surface area contributed by atoms with Gasteiger partial charge in [-0.15, -0.1) is 0 Å². The molecular weight excluding hydrogens is 406 g/mol. The Bertz CT molecular complexity index is 955. The van der Waals surface area contributed by atoms with Crippen molar-refractivity contribution in [2.45, 2.75) is 6.18 Å². The predicted molar refractivity (Wildman–Crippen MR) is 94.7 cm³/mol. The number of rotatable bonds is 3.